The largest absolute Gasteiger partial charge is 0.329 e. The first-order chi connectivity index (χ1) is 9.37. The molecule has 0 amide bonds. The molecule has 4 heteroatoms. The van der Waals surface area contributed by atoms with Gasteiger partial charge in [0.05, 0.1) is 3.79 Å². The summed E-state index contributed by atoms with van der Waals surface area (Å²) in [6.45, 7) is 6.57. The second-order valence-electron chi connectivity index (χ2n) is 7.06. The third kappa shape index (κ3) is 3.85. The number of hydrogen-bond donors (Lipinski definition) is 1. The van der Waals surface area contributed by atoms with Gasteiger partial charge >= 0.3 is 0 Å². The smallest absolute Gasteiger partial charge is 0.0701 e. The predicted molar refractivity (Wildman–Crippen MR) is 92.1 cm³/mol. The van der Waals surface area contributed by atoms with Gasteiger partial charge in [0.25, 0.3) is 0 Å². The maximum Gasteiger partial charge on any atom is 0.0701 e. The lowest BCUT2D eigenvalue weighted by molar-refractivity contribution is 0.0963. The van der Waals surface area contributed by atoms with E-state index in [2.05, 4.69) is 53.2 Å². The average Bonchev–Trinajstić information content (AvgIpc) is 2.70. The fourth-order valence-corrected chi connectivity index (χ4v) is 4.53. The van der Waals surface area contributed by atoms with Crippen molar-refractivity contribution in [1.82, 2.24) is 4.90 Å². The maximum atomic E-state index is 6.21. The van der Waals surface area contributed by atoms with Gasteiger partial charge in [0.15, 0.2) is 0 Å². The Morgan fingerprint density at radius 2 is 2.05 bits per heavy atom. The summed E-state index contributed by atoms with van der Waals surface area (Å²) in [5.74, 6) is 0. The summed E-state index contributed by atoms with van der Waals surface area (Å²) in [5.41, 5.74) is 8.26. The van der Waals surface area contributed by atoms with E-state index in [0.29, 0.717) is 5.41 Å². The van der Waals surface area contributed by atoms with Gasteiger partial charge in [0, 0.05) is 18.6 Å². The van der Waals surface area contributed by atoms with E-state index in [0.717, 1.165) is 13.1 Å². The summed E-state index contributed by atoms with van der Waals surface area (Å²) in [5, 5.41) is 2.24. The average molecular weight is 359 g/mol. The third-order valence-corrected chi connectivity index (χ3v) is 6.55. The molecule has 1 aliphatic rings. The molecule has 1 atom stereocenters. The summed E-state index contributed by atoms with van der Waals surface area (Å²) in [6, 6.07) is 2.23. The molecule has 2 rings (SSSR count). The highest BCUT2D eigenvalue weighted by atomic mass is 79.9. The minimum absolute atomic E-state index is 0.183. The van der Waals surface area contributed by atoms with Crippen molar-refractivity contribution in [2.24, 2.45) is 11.1 Å². The number of hydrogen-bond acceptors (Lipinski definition) is 3. The minimum atomic E-state index is 0.183. The van der Waals surface area contributed by atoms with Crippen molar-refractivity contribution in [3.63, 3.8) is 0 Å². The van der Waals surface area contributed by atoms with E-state index in [1.54, 1.807) is 11.3 Å². The Morgan fingerprint density at radius 1 is 1.30 bits per heavy atom. The monoisotopic (exact) mass is 358 g/mol. The fraction of sp³-hybridized carbons (Fsp3) is 0.750. The van der Waals surface area contributed by atoms with Crippen LogP contribution in [0.5, 0.6) is 0 Å². The molecule has 1 aromatic rings. The Balaban J connectivity index is 2.09. The lowest BCUT2D eigenvalue weighted by Gasteiger charge is -2.41. The predicted octanol–water partition coefficient (Wildman–Crippen LogP) is 4.63. The van der Waals surface area contributed by atoms with Gasteiger partial charge in [-0.2, -0.15) is 0 Å². The van der Waals surface area contributed by atoms with Crippen LogP contribution in [0.1, 0.15) is 51.5 Å². The quantitative estimate of drug-likeness (QED) is 0.794. The Morgan fingerprint density at radius 3 is 2.65 bits per heavy atom. The van der Waals surface area contributed by atoms with Crippen LogP contribution in [0, 0.1) is 5.41 Å². The highest BCUT2D eigenvalue weighted by Crippen LogP contribution is 2.40. The van der Waals surface area contributed by atoms with Gasteiger partial charge < -0.3 is 5.73 Å². The van der Waals surface area contributed by atoms with Gasteiger partial charge in [-0.15, -0.1) is 11.3 Å². The third-order valence-electron chi connectivity index (χ3n) is 4.99. The number of nitrogens with zero attached hydrogens (tertiary/aromatic N) is 1. The van der Waals surface area contributed by atoms with Crippen LogP contribution < -0.4 is 5.73 Å². The van der Waals surface area contributed by atoms with Gasteiger partial charge in [-0.1, -0.05) is 20.3 Å². The first-order valence-corrected chi connectivity index (χ1v) is 9.18. The second kappa shape index (κ2) is 6.47. The van der Waals surface area contributed by atoms with Crippen molar-refractivity contribution in [2.75, 3.05) is 13.6 Å². The molecule has 1 fully saturated rings. The molecule has 114 valence electrons. The van der Waals surface area contributed by atoms with E-state index in [1.807, 2.05) is 0 Å². The Hall–Kier alpha value is 0.1000. The number of thiophene rings is 1. The first kappa shape index (κ1) is 16.5. The SMILES string of the molecule is CN(Cc1csc(Br)c1)C1(CN)CCCC(C)(C)CC1. The van der Waals surface area contributed by atoms with Crippen LogP contribution in [0.4, 0.5) is 0 Å². The Labute approximate surface area is 135 Å². The van der Waals surface area contributed by atoms with Crippen LogP contribution in [0.15, 0.2) is 15.2 Å². The van der Waals surface area contributed by atoms with E-state index in [9.17, 15) is 0 Å². The molecule has 0 aromatic carbocycles. The molecule has 1 aromatic heterocycles. The molecular weight excluding hydrogens is 332 g/mol. The van der Waals surface area contributed by atoms with E-state index in [4.69, 9.17) is 5.73 Å². The standard InChI is InChI=1S/C16H27BrN2S/c1-15(2)5-4-6-16(12-18,8-7-15)19(3)10-13-9-14(17)20-11-13/h9,11H,4-8,10,12,18H2,1-3H3. The molecule has 1 saturated carbocycles. The van der Waals surface area contributed by atoms with E-state index >= 15 is 0 Å². The molecule has 1 unspecified atom stereocenters. The Kier molecular flexibility index (Phi) is 5.33. The minimum Gasteiger partial charge on any atom is -0.329 e. The molecular formula is C16H27BrN2S. The van der Waals surface area contributed by atoms with E-state index < -0.39 is 0 Å². The topological polar surface area (TPSA) is 29.3 Å². The zero-order valence-electron chi connectivity index (χ0n) is 12.9. The summed E-state index contributed by atoms with van der Waals surface area (Å²) < 4.78 is 1.21. The van der Waals surface area contributed by atoms with Crippen LogP contribution >= 0.6 is 27.3 Å². The lowest BCUT2D eigenvalue weighted by atomic mass is 9.83. The first-order valence-electron chi connectivity index (χ1n) is 7.51. The van der Waals surface area contributed by atoms with Crippen LogP contribution in [-0.4, -0.2) is 24.0 Å². The van der Waals surface area contributed by atoms with Crippen LogP contribution in [0.3, 0.4) is 0 Å². The molecule has 0 bridgehead atoms. The van der Waals surface area contributed by atoms with Gasteiger partial charge in [-0.05, 0) is 71.1 Å². The summed E-state index contributed by atoms with van der Waals surface area (Å²) in [6.07, 6.45) is 6.35. The van der Waals surface area contributed by atoms with Gasteiger partial charge in [-0.3, -0.25) is 4.90 Å². The molecule has 1 heterocycles. The van der Waals surface area contributed by atoms with E-state index in [-0.39, 0.29) is 5.54 Å². The zero-order chi connectivity index (χ0) is 14.8. The van der Waals surface area contributed by atoms with Crippen molar-refractivity contribution in [2.45, 2.75) is 58.0 Å². The maximum absolute atomic E-state index is 6.21. The van der Waals surface area contributed by atoms with Gasteiger partial charge in [0.1, 0.15) is 0 Å². The highest BCUT2D eigenvalue weighted by Gasteiger charge is 2.37. The van der Waals surface area contributed by atoms with Gasteiger partial charge in [-0.25, -0.2) is 0 Å². The normalized spacial score (nSPS) is 26.7. The van der Waals surface area contributed by atoms with Crippen LogP contribution in [0.2, 0.25) is 0 Å². The molecule has 0 spiro atoms. The fourth-order valence-electron chi connectivity index (χ4n) is 3.33. The number of halogens is 1. The summed E-state index contributed by atoms with van der Waals surface area (Å²) >= 11 is 5.31. The van der Waals surface area contributed by atoms with Crippen molar-refractivity contribution >= 4 is 27.3 Å². The van der Waals surface area contributed by atoms with Crippen molar-refractivity contribution in [3.05, 3.63) is 20.8 Å². The molecule has 2 nitrogen and oxygen atoms in total. The van der Waals surface area contributed by atoms with Crippen molar-refractivity contribution < 1.29 is 0 Å². The zero-order valence-corrected chi connectivity index (χ0v) is 15.3. The van der Waals surface area contributed by atoms with E-state index in [1.165, 1.54) is 41.5 Å². The summed E-state index contributed by atoms with van der Waals surface area (Å²) in [7, 11) is 2.25. The van der Waals surface area contributed by atoms with Crippen LogP contribution in [-0.2, 0) is 6.54 Å². The molecule has 20 heavy (non-hydrogen) atoms. The molecule has 1 aliphatic carbocycles. The molecule has 0 saturated heterocycles. The number of nitrogens with two attached hydrogens (primary N) is 1. The molecule has 2 N–H and O–H groups in total. The number of rotatable bonds is 4. The number of likely N-dealkylation sites (N-methyl/N-ethyl adjacent to an activating group) is 1. The highest BCUT2D eigenvalue weighted by molar-refractivity contribution is 9.11. The van der Waals surface area contributed by atoms with Crippen LogP contribution in [0.25, 0.3) is 0 Å². The molecule has 0 aliphatic heterocycles. The lowest BCUT2D eigenvalue weighted by Crippen LogP contribution is -2.51. The molecule has 0 radical (unpaired) electrons. The van der Waals surface area contributed by atoms with Crippen molar-refractivity contribution in [3.8, 4) is 0 Å². The summed E-state index contributed by atoms with van der Waals surface area (Å²) in [4.78, 5) is 2.50. The second-order valence-corrected chi connectivity index (χ2v) is 9.35. The van der Waals surface area contributed by atoms with Crippen molar-refractivity contribution in [1.29, 1.82) is 0 Å². The Bertz CT molecular complexity index is 443. The van der Waals surface area contributed by atoms with Gasteiger partial charge in [0.2, 0.25) is 0 Å².